The summed E-state index contributed by atoms with van der Waals surface area (Å²) in [6.07, 6.45) is 0.590. The second-order valence-corrected chi connectivity index (χ2v) is 8.24. The molecular weight excluding hydrogens is 443 g/mol. The number of Topliss-reactive ketones (excluding diaryl/α,β-unsaturated/α-hetero) is 1. The lowest BCUT2D eigenvalue weighted by Gasteiger charge is -2.29. The van der Waals surface area contributed by atoms with Crippen LogP contribution in [0.3, 0.4) is 0 Å². The number of morpholine rings is 1. The monoisotopic (exact) mass is 470 g/mol. The number of phenols is 1. The van der Waals surface area contributed by atoms with Crippen LogP contribution in [0.5, 0.6) is 11.5 Å². The van der Waals surface area contributed by atoms with Gasteiger partial charge >= 0.3 is 0 Å². The van der Waals surface area contributed by atoms with Gasteiger partial charge < -0.3 is 24.6 Å². The van der Waals surface area contributed by atoms with Crippen molar-refractivity contribution in [1.29, 1.82) is 0 Å². The molecule has 0 bridgehead atoms. The molecule has 0 spiro atoms. The topological polar surface area (TPSA) is 99.5 Å². The lowest BCUT2D eigenvalue weighted by atomic mass is 9.95. The molecule has 2 aliphatic heterocycles. The van der Waals surface area contributed by atoms with Crippen molar-refractivity contribution >= 4 is 17.4 Å². The molecule has 180 valence electrons. The molecule has 0 saturated carbocycles. The number of likely N-dealkylation sites (tertiary alicyclic amines) is 1. The third-order valence-electron chi connectivity index (χ3n) is 6.14. The fraction of sp³-hybridized carbons (Fsp3) is 0.360. The molecular formula is C25H27FN2O6. The molecule has 2 aromatic rings. The van der Waals surface area contributed by atoms with E-state index in [9.17, 15) is 24.2 Å². The van der Waals surface area contributed by atoms with Gasteiger partial charge in [0, 0.05) is 32.2 Å². The average molecular weight is 470 g/mol. The molecule has 8 nitrogen and oxygen atoms in total. The quantitative estimate of drug-likeness (QED) is 0.365. The molecule has 2 fully saturated rings. The summed E-state index contributed by atoms with van der Waals surface area (Å²) < 4.78 is 24.5. The zero-order valence-corrected chi connectivity index (χ0v) is 18.9. The van der Waals surface area contributed by atoms with Crippen molar-refractivity contribution in [3.63, 3.8) is 0 Å². The Morgan fingerprint density at radius 2 is 1.91 bits per heavy atom. The van der Waals surface area contributed by atoms with Crippen LogP contribution in [0, 0.1) is 5.82 Å². The fourth-order valence-corrected chi connectivity index (χ4v) is 4.41. The Balaban J connectivity index is 1.70. The first-order valence-electron chi connectivity index (χ1n) is 11.1. The summed E-state index contributed by atoms with van der Waals surface area (Å²) in [5.41, 5.74) is 0.149. The molecule has 2 heterocycles. The number of carbonyl (C=O) groups excluding carboxylic acids is 2. The van der Waals surface area contributed by atoms with E-state index < -0.39 is 29.3 Å². The van der Waals surface area contributed by atoms with E-state index in [0.717, 1.165) is 13.1 Å². The molecule has 2 aromatic carbocycles. The number of methoxy groups -OCH3 is 1. The van der Waals surface area contributed by atoms with Gasteiger partial charge in [0.25, 0.3) is 11.7 Å². The summed E-state index contributed by atoms with van der Waals surface area (Å²) in [7, 11) is 1.43. The normalized spacial score (nSPS) is 20.6. The van der Waals surface area contributed by atoms with Crippen LogP contribution in [0.2, 0.25) is 0 Å². The van der Waals surface area contributed by atoms with E-state index in [1.54, 1.807) is 6.07 Å². The molecule has 2 saturated heterocycles. The van der Waals surface area contributed by atoms with Crippen molar-refractivity contribution in [2.24, 2.45) is 0 Å². The van der Waals surface area contributed by atoms with Crippen molar-refractivity contribution in [2.45, 2.75) is 12.5 Å². The Kier molecular flexibility index (Phi) is 7.14. The van der Waals surface area contributed by atoms with E-state index in [-0.39, 0.29) is 23.4 Å². The second-order valence-electron chi connectivity index (χ2n) is 8.24. The highest BCUT2D eigenvalue weighted by Crippen LogP contribution is 2.41. The summed E-state index contributed by atoms with van der Waals surface area (Å²) in [4.78, 5) is 29.7. The maximum atomic E-state index is 14.1. The van der Waals surface area contributed by atoms with Crippen LogP contribution < -0.4 is 4.74 Å². The Bertz CT molecular complexity index is 1110. The van der Waals surface area contributed by atoms with Crippen LogP contribution >= 0.6 is 0 Å². The van der Waals surface area contributed by atoms with E-state index in [4.69, 9.17) is 9.47 Å². The first kappa shape index (κ1) is 23.7. The van der Waals surface area contributed by atoms with Crippen LogP contribution in [0.4, 0.5) is 4.39 Å². The van der Waals surface area contributed by atoms with Gasteiger partial charge in [-0.3, -0.25) is 14.5 Å². The van der Waals surface area contributed by atoms with E-state index in [0.29, 0.717) is 37.5 Å². The first-order valence-corrected chi connectivity index (χ1v) is 11.1. The number of hydrogen-bond acceptors (Lipinski definition) is 7. The molecule has 1 atom stereocenters. The predicted molar refractivity (Wildman–Crippen MR) is 122 cm³/mol. The van der Waals surface area contributed by atoms with Gasteiger partial charge in [-0.2, -0.15) is 0 Å². The zero-order chi connectivity index (χ0) is 24.2. The highest BCUT2D eigenvalue weighted by atomic mass is 19.1. The third kappa shape index (κ3) is 4.76. The van der Waals surface area contributed by atoms with Gasteiger partial charge in [-0.25, -0.2) is 4.39 Å². The van der Waals surface area contributed by atoms with Gasteiger partial charge in [-0.1, -0.05) is 12.1 Å². The lowest BCUT2D eigenvalue weighted by molar-refractivity contribution is -0.140. The summed E-state index contributed by atoms with van der Waals surface area (Å²) in [6.45, 7) is 3.85. The molecule has 34 heavy (non-hydrogen) atoms. The number of aliphatic hydroxyl groups excluding tert-OH is 1. The third-order valence-corrected chi connectivity index (χ3v) is 6.14. The number of rotatable bonds is 7. The minimum Gasteiger partial charge on any atom is -0.507 e. The Labute approximate surface area is 196 Å². The first-order chi connectivity index (χ1) is 16.4. The smallest absolute Gasteiger partial charge is 0.295 e. The number of ketones is 1. The van der Waals surface area contributed by atoms with E-state index in [2.05, 4.69) is 4.90 Å². The standard InChI is InChI=1S/C25H27FN2O6/c1-33-18-6-7-19(20(29)15-18)23(30)21-22(16-4-2-5-17(26)14-16)28(25(32)24(21)31)9-3-8-27-10-12-34-13-11-27/h2,4-7,14-15,22,29-30H,3,8-13H2,1H3. The molecule has 2 aliphatic rings. The zero-order valence-electron chi connectivity index (χ0n) is 18.9. The van der Waals surface area contributed by atoms with Crippen molar-refractivity contribution in [1.82, 2.24) is 9.80 Å². The maximum Gasteiger partial charge on any atom is 0.295 e. The number of halogens is 1. The van der Waals surface area contributed by atoms with Crippen LogP contribution in [-0.4, -0.2) is 78.2 Å². The number of aliphatic hydroxyl groups is 1. The average Bonchev–Trinajstić information content (AvgIpc) is 3.09. The molecule has 1 unspecified atom stereocenters. The molecule has 0 aromatic heterocycles. The van der Waals surface area contributed by atoms with Crippen molar-refractivity contribution in [3.8, 4) is 11.5 Å². The summed E-state index contributed by atoms with van der Waals surface area (Å²) in [5.74, 6) is -2.65. The van der Waals surface area contributed by atoms with E-state index in [1.807, 2.05) is 0 Å². The number of carbonyl (C=O) groups is 2. The largest absolute Gasteiger partial charge is 0.507 e. The Morgan fingerprint density at radius 3 is 2.59 bits per heavy atom. The molecule has 1 amide bonds. The minimum atomic E-state index is -0.984. The molecule has 0 radical (unpaired) electrons. The maximum absolute atomic E-state index is 14.1. The van der Waals surface area contributed by atoms with Crippen molar-refractivity contribution in [2.75, 3.05) is 46.5 Å². The number of ether oxygens (including phenoxy) is 2. The number of aromatic hydroxyl groups is 1. The van der Waals surface area contributed by atoms with Crippen LogP contribution in [0.25, 0.3) is 5.76 Å². The summed E-state index contributed by atoms with van der Waals surface area (Å²) >= 11 is 0. The van der Waals surface area contributed by atoms with Crippen molar-refractivity contribution < 1.29 is 33.7 Å². The Morgan fingerprint density at radius 1 is 1.15 bits per heavy atom. The SMILES string of the molecule is COc1ccc(C(O)=C2C(=O)C(=O)N(CCCN3CCOCC3)C2c2cccc(F)c2)c(O)c1. The number of nitrogens with zero attached hydrogens (tertiary/aromatic N) is 2. The summed E-state index contributed by atoms with van der Waals surface area (Å²) in [6, 6.07) is 8.84. The van der Waals surface area contributed by atoms with Crippen molar-refractivity contribution in [3.05, 3.63) is 65.0 Å². The minimum absolute atomic E-state index is 0.0199. The second kappa shape index (κ2) is 10.2. The highest BCUT2D eigenvalue weighted by molar-refractivity contribution is 6.46. The molecule has 2 N–H and O–H groups in total. The van der Waals surface area contributed by atoms with Gasteiger partial charge in [0.2, 0.25) is 0 Å². The fourth-order valence-electron chi connectivity index (χ4n) is 4.41. The van der Waals surface area contributed by atoms with Crippen LogP contribution in [0.15, 0.2) is 48.0 Å². The van der Waals surface area contributed by atoms with Gasteiger partial charge in [0.1, 0.15) is 23.1 Å². The highest BCUT2D eigenvalue weighted by Gasteiger charge is 2.46. The number of phenolic OH excluding ortho intramolecular Hbond substituents is 1. The van der Waals surface area contributed by atoms with E-state index in [1.165, 1.54) is 48.4 Å². The molecule has 0 aliphatic carbocycles. The Hall–Kier alpha value is -3.43. The lowest BCUT2D eigenvalue weighted by Crippen LogP contribution is -2.39. The molecule has 4 rings (SSSR count). The van der Waals surface area contributed by atoms with Gasteiger partial charge in [0.05, 0.1) is 37.5 Å². The molecule has 9 heteroatoms. The predicted octanol–water partition coefficient (Wildman–Crippen LogP) is 2.68. The van der Waals surface area contributed by atoms with Crippen LogP contribution in [0.1, 0.15) is 23.6 Å². The van der Waals surface area contributed by atoms with E-state index >= 15 is 0 Å². The van der Waals surface area contributed by atoms with Gasteiger partial charge in [0.15, 0.2) is 0 Å². The number of benzene rings is 2. The van der Waals surface area contributed by atoms with Gasteiger partial charge in [-0.15, -0.1) is 0 Å². The van der Waals surface area contributed by atoms with Crippen LogP contribution in [-0.2, 0) is 14.3 Å². The number of hydrogen-bond donors (Lipinski definition) is 2. The number of amides is 1. The van der Waals surface area contributed by atoms with Gasteiger partial charge in [-0.05, 0) is 36.2 Å². The summed E-state index contributed by atoms with van der Waals surface area (Å²) in [5, 5.41) is 21.5.